The van der Waals surface area contributed by atoms with E-state index in [9.17, 15) is 10.1 Å². The predicted octanol–water partition coefficient (Wildman–Crippen LogP) is 3.72. The Kier molecular flexibility index (Phi) is 5.77. The number of nitrogens with zero attached hydrogens (tertiary/aromatic N) is 4. The number of likely N-dealkylation sites (N-methyl/N-ethyl adjacent to an activating group) is 1. The Hall–Kier alpha value is -3.26. The Morgan fingerprint density at radius 1 is 1.15 bits per heavy atom. The first-order valence-corrected chi connectivity index (χ1v) is 8.51. The minimum atomic E-state index is -0.447. The van der Waals surface area contributed by atoms with Crippen LogP contribution in [0.5, 0.6) is 5.75 Å². The summed E-state index contributed by atoms with van der Waals surface area (Å²) < 4.78 is 11.4. The highest BCUT2D eigenvalue weighted by molar-refractivity contribution is 5.55. The van der Waals surface area contributed by atoms with Gasteiger partial charge in [-0.3, -0.25) is 15.0 Å². The van der Waals surface area contributed by atoms with Crippen LogP contribution in [0.1, 0.15) is 18.9 Å². The van der Waals surface area contributed by atoms with E-state index < -0.39 is 4.92 Å². The third-order valence-corrected chi connectivity index (χ3v) is 4.24. The van der Waals surface area contributed by atoms with E-state index in [1.165, 1.54) is 12.1 Å². The highest BCUT2D eigenvalue weighted by Gasteiger charge is 2.19. The van der Waals surface area contributed by atoms with E-state index in [0.29, 0.717) is 30.5 Å². The van der Waals surface area contributed by atoms with Crippen molar-refractivity contribution in [2.24, 2.45) is 0 Å². The molecule has 0 saturated heterocycles. The number of para-hydroxylation sites is 1. The number of benzene rings is 2. The number of hydrogen-bond donors (Lipinski definition) is 0. The normalized spacial score (nSPS) is 12.1. The van der Waals surface area contributed by atoms with Gasteiger partial charge in [-0.2, -0.15) is 0 Å². The van der Waals surface area contributed by atoms with E-state index in [2.05, 4.69) is 15.1 Å². The van der Waals surface area contributed by atoms with Crippen molar-refractivity contribution in [1.82, 2.24) is 15.1 Å². The quantitative estimate of drug-likeness (QED) is 0.442. The summed E-state index contributed by atoms with van der Waals surface area (Å²) in [6.45, 7) is 3.19. The zero-order chi connectivity index (χ0) is 19.2. The van der Waals surface area contributed by atoms with Crippen molar-refractivity contribution in [3.05, 3.63) is 70.6 Å². The van der Waals surface area contributed by atoms with Crippen LogP contribution in [0.3, 0.4) is 0 Å². The molecule has 3 aromatic rings. The van der Waals surface area contributed by atoms with Crippen LogP contribution in [0.15, 0.2) is 59.0 Å². The molecule has 1 unspecified atom stereocenters. The first kappa shape index (κ1) is 18.5. The lowest BCUT2D eigenvalue weighted by atomic mass is 10.2. The standard InChI is InChI=1S/C19H20N4O4/c1-14(22(2)12-13-26-17-6-4-3-5-7-17)18-20-21-19(27-18)15-8-10-16(11-9-15)23(24)25/h3-11,14H,12-13H2,1-2H3. The van der Waals surface area contributed by atoms with Crippen LogP contribution in [0.4, 0.5) is 5.69 Å². The minimum absolute atomic E-state index is 0.0185. The molecule has 1 aromatic heterocycles. The molecule has 0 N–H and O–H groups in total. The average molecular weight is 368 g/mol. The number of aromatic nitrogens is 2. The van der Waals surface area contributed by atoms with Crippen molar-refractivity contribution in [2.75, 3.05) is 20.2 Å². The fourth-order valence-corrected chi connectivity index (χ4v) is 2.45. The van der Waals surface area contributed by atoms with Gasteiger partial charge in [-0.25, -0.2) is 0 Å². The molecule has 0 saturated carbocycles. The molecule has 8 nitrogen and oxygen atoms in total. The van der Waals surface area contributed by atoms with E-state index in [-0.39, 0.29) is 11.7 Å². The third kappa shape index (κ3) is 4.68. The summed E-state index contributed by atoms with van der Waals surface area (Å²) in [7, 11) is 1.95. The summed E-state index contributed by atoms with van der Waals surface area (Å²) in [6, 6.07) is 15.6. The molecule has 0 bridgehead atoms. The fourth-order valence-electron chi connectivity index (χ4n) is 2.45. The van der Waals surface area contributed by atoms with E-state index >= 15 is 0 Å². The lowest BCUT2D eigenvalue weighted by Gasteiger charge is -2.21. The molecule has 27 heavy (non-hydrogen) atoms. The maximum absolute atomic E-state index is 10.7. The number of ether oxygens (including phenoxy) is 1. The highest BCUT2D eigenvalue weighted by Crippen LogP contribution is 2.24. The molecule has 0 radical (unpaired) electrons. The lowest BCUT2D eigenvalue weighted by Crippen LogP contribution is -2.27. The maximum atomic E-state index is 10.7. The van der Waals surface area contributed by atoms with Gasteiger partial charge in [0, 0.05) is 24.2 Å². The van der Waals surface area contributed by atoms with E-state index in [4.69, 9.17) is 9.15 Å². The van der Waals surface area contributed by atoms with Crippen LogP contribution in [0.2, 0.25) is 0 Å². The molecule has 0 aliphatic heterocycles. The fraction of sp³-hybridized carbons (Fsp3) is 0.263. The second-order valence-electron chi connectivity index (χ2n) is 6.07. The number of nitro benzene ring substituents is 1. The van der Waals surface area contributed by atoms with Gasteiger partial charge in [0.15, 0.2) is 0 Å². The second kappa shape index (κ2) is 8.41. The van der Waals surface area contributed by atoms with Crippen LogP contribution in [-0.4, -0.2) is 40.2 Å². The first-order chi connectivity index (χ1) is 13.0. The van der Waals surface area contributed by atoms with Gasteiger partial charge in [-0.15, -0.1) is 10.2 Å². The highest BCUT2D eigenvalue weighted by atomic mass is 16.6. The van der Waals surface area contributed by atoms with E-state index in [1.807, 2.05) is 44.3 Å². The Bertz CT molecular complexity index is 880. The summed E-state index contributed by atoms with van der Waals surface area (Å²) in [5, 5.41) is 18.9. The summed E-state index contributed by atoms with van der Waals surface area (Å²) in [6.07, 6.45) is 0. The van der Waals surface area contributed by atoms with E-state index in [0.717, 1.165) is 5.75 Å². The van der Waals surface area contributed by atoms with Crippen LogP contribution in [0.25, 0.3) is 11.5 Å². The molecule has 0 aliphatic carbocycles. The molecule has 0 amide bonds. The Morgan fingerprint density at radius 3 is 2.52 bits per heavy atom. The van der Waals surface area contributed by atoms with Crippen molar-refractivity contribution in [1.29, 1.82) is 0 Å². The molecule has 2 aromatic carbocycles. The second-order valence-corrected chi connectivity index (χ2v) is 6.07. The summed E-state index contributed by atoms with van der Waals surface area (Å²) in [5.41, 5.74) is 0.659. The van der Waals surface area contributed by atoms with Gasteiger partial charge in [0.2, 0.25) is 11.8 Å². The number of nitro groups is 1. The van der Waals surface area contributed by atoms with Gasteiger partial charge in [0.1, 0.15) is 12.4 Å². The number of non-ortho nitro benzene ring substituents is 1. The Labute approximate surface area is 156 Å². The topological polar surface area (TPSA) is 94.5 Å². The molecule has 3 rings (SSSR count). The van der Waals surface area contributed by atoms with Gasteiger partial charge >= 0.3 is 0 Å². The minimum Gasteiger partial charge on any atom is -0.492 e. The Balaban J connectivity index is 1.58. The van der Waals surface area contributed by atoms with Crippen molar-refractivity contribution >= 4 is 5.69 Å². The molecule has 0 fully saturated rings. The maximum Gasteiger partial charge on any atom is 0.269 e. The largest absolute Gasteiger partial charge is 0.492 e. The van der Waals surface area contributed by atoms with Gasteiger partial charge in [-0.05, 0) is 38.2 Å². The molecule has 0 spiro atoms. The monoisotopic (exact) mass is 368 g/mol. The summed E-state index contributed by atoms with van der Waals surface area (Å²) in [5.74, 6) is 1.64. The van der Waals surface area contributed by atoms with Crippen LogP contribution in [-0.2, 0) is 0 Å². The molecular formula is C19H20N4O4. The zero-order valence-electron chi connectivity index (χ0n) is 15.1. The van der Waals surface area contributed by atoms with Gasteiger partial charge in [0.05, 0.1) is 11.0 Å². The van der Waals surface area contributed by atoms with Crippen molar-refractivity contribution < 1.29 is 14.1 Å². The molecule has 1 heterocycles. The third-order valence-electron chi connectivity index (χ3n) is 4.24. The van der Waals surface area contributed by atoms with Crippen molar-refractivity contribution in [3.63, 3.8) is 0 Å². The van der Waals surface area contributed by atoms with Gasteiger partial charge < -0.3 is 9.15 Å². The van der Waals surface area contributed by atoms with Gasteiger partial charge in [0.25, 0.3) is 5.69 Å². The molecule has 8 heteroatoms. The van der Waals surface area contributed by atoms with Gasteiger partial charge in [-0.1, -0.05) is 18.2 Å². The van der Waals surface area contributed by atoms with Crippen molar-refractivity contribution in [3.8, 4) is 17.2 Å². The predicted molar refractivity (Wildman–Crippen MR) is 99.4 cm³/mol. The summed E-state index contributed by atoms with van der Waals surface area (Å²) >= 11 is 0. The SMILES string of the molecule is CC(c1nnc(-c2ccc([N+](=O)[O-])cc2)o1)N(C)CCOc1ccccc1. The van der Waals surface area contributed by atoms with Crippen LogP contribution >= 0.6 is 0 Å². The van der Waals surface area contributed by atoms with Crippen LogP contribution < -0.4 is 4.74 Å². The molecule has 140 valence electrons. The molecule has 0 aliphatic rings. The Morgan fingerprint density at radius 2 is 1.85 bits per heavy atom. The van der Waals surface area contributed by atoms with Crippen LogP contribution in [0, 0.1) is 10.1 Å². The zero-order valence-corrected chi connectivity index (χ0v) is 15.1. The van der Waals surface area contributed by atoms with E-state index in [1.54, 1.807) is 12.1 Å². The molecular weight excluding hydrogens is 348 g/mol. The number of hydrogen-bond acceptors (Lipinski definition) is 7. The first-order valence-electron chi connectivity index (χ1n) is 8.51. The van der Waals surface area contributed by atoms with Crippen molar-refractivity contribution in [2.45, 2.75) is 13.0 Å². The molecule has 1 atom stereocenters. The summed E-state index contributed by atoms with van der Waals surface area (Å²) in [4.78, 5) is 12.3. The average Bonchev–Trinajstić information content (AvgIpc) is 3.18. The lowest BCUT2D eigenvalue weighted by molar-refractivity contribution is -0.384. The smallest absolute Gasteiger partial charge is 0.269 e. The number of rotatable bonds is 8.